The van der Waals surface area contributed by atoms with Crippen molar-refractivity contribution in [3.8, 4) is 0 Å². The zero-order valence-corrected chi connectivity index (χ0v) is 11.8. The van der Waals surface area contributed by atoms with Crippen molar-refractivity contribution in [3.63, 3.8) is 0 Å². The van der Waals surface area contributed by atoms with E-state index in [0.717, 1.165) is 30.6 Å². The van der Waals surface area contributed by atoms with Crippen LogP contribution in [0.25, 0.3) is 0 Å². The van der Waals surface area contributed by atoms with Gasteiger partial charge in [0, 0.05) is 24.3 Å². The summed E-state index contributed by atoms with van der Waals surface area (Å²) in [4.78, 5) is 14.1. The molecule has 0 saturated carbocycles. The molecule has 2 rings (SSSR count). The number of fused-ring (bicyclic) bond motifs is 1. The summed E-state index contributed by atoms with van der Waals surface area (Å²) in [6.45, 7) is 3.86. The van der Waals surface area contributed by atoms with E-state index in [-0.39, 0.29) is 5.91 Å². The van der Waals surface area contributed by atoms with Crippen molar-refractivity contribution in [1.82, 2.24) is 4.90 Å². The highest BCUT2D eigenvalue weighted by Crippen LogP contribution is 2.25. The Balaban J connectivity index is 1.77. The summed E-state index contributed by atoms with van der Waals surface area (Å²) in [5, 5.41) is 0. The molecule has 0 unspecified atom stereocenters. The van der Waals surface area contributed by atoms with E-state index in [4.69, 9.17) is 5.73 Å². The number of nitrogens with two attached hydrogens (primary N) is 1. The van der Waals surface area contributed by atoms with E-state index in [0.29, 0.717) is 5.69 Å². The van der Waals surface area contributed by atoms with Crippen molar-refractivity contribution in [2.75, 3.05) is 12.3 Å². The van der Waals surface area contributed by atoms with Gasteiger partial charge in [0.05, 0.1) is 0 Å². The number of unbranched alkanes of at least 4 members (excludes halogenated alkanes) is 5. The highest BCUT2D eigenvalue weighted by Gasteiger charge is 2.26. The molecule has 0 aromatic heterocycles. The van der Waals surface area contributed by atoms with Crippen molar-refractivity contribution in [2.45, 2.75) is 52.0 Å². The van der Waals surface area contributed by atoms with E-state index >= 15 is 0 Å². The Morgan fingerprint density at radius 3 is 2.68 bits per heavy atom. The van der Waals surface area contributed by atoms with E-state index in [2.05, 4.69) is 6.92 Å². The van der Waals surface area contributed by atoms with Gasteiger partial charge in [0.2, 0.25) is 0 Å². The maximum absolute atomic E-state index is 12.2. The molecular weight excluding hydrogens is 236 g/mol. The lowest BCUT2D eigenvalue weighted by Gasteiger charge is -2.15. The lowest BCUT2D eigenvalue weighted by atomic mass is 10.1. The zero-order valence-electron chi connectivity index (χ0n) is 11.8. The minimum atomic E-state index is 0.149. The van der Waals surface area contributed by atoms with E-state index in [1.54, 1.807) is 6.07 Å². The van der Waals surface area contributed by atoms with Gasteiger partial charge >= 0.3 is 0 Å². The van der Waals surface area contributed by atoms with Crippen LogP contribution in [-0.4, -0.2) is 17.4 Å². The standard InChI is InChI=1S/C16H24N2O/c1-2-3-4-5-6-7-10-18-12-13-8-9-14(17)11-15(13)16(18)19/h8-9,11H,2-7,10,12,17H2,1H3. The predicted molar refractivity (Wildman–Crippen MR) is 79.0 cm³/mol. The molecule has 0 spiro atoms. The summed E-state index contributed by atoms with van der Waals surface area (Å²) in [7, 11) is 0. The molecule has 0 atom stereocenters. The normalized spacial score (nSPS) is 13.9. The summed E-state index contributed by atoms with van der Waals surface area (Å²) in [5.74, 6) is 0.149. The number of benzene rings is 1. The van der Waals surface area contributed by atoms with Gasteiger partial charge in [0.15, 0.2) is 0 Å². The lowest BCUT2D eigenvalue weighted by Crippen LogP contribution is -2.24. The van der Waals surface area contributed by atoms with Crippen molar-refractivity contribution >= 4 is 11.6 Å². The Morgan fingerprint density at radius 2 is 1.89 bits per heavy atom. The first-order chi connectivity index (χ1) is 9.22. The van der Waals surface area contributed by atoms with Gasteiger partial charge in [-0.05, 0) is 24.1 Å². The number of amides is 1. The molecule has 3 nitrogen and oxygen atoms in total. The molecule has 0 bridgehead atoms. The lowest BCUT2D eigenvalue weighted by molar-refractivity contribution is 0.0775. The van der Waals surface area contributed by atoms with Crippen molar-refractivity contribution in [3.05, 3.63) is 29.3 Å². The molecule has 1 aliphatic rings. The molecule has 1 aromatic carbocycles. The molecule has 0 radical (unpaired) electrons. The number of hydrogen-bond donors (Lipinski definition) is 1. The fourth-order valence-electron chi connectivity index (χ4n) is 2.64. The Kier molecular flexibility index (Phi) is 4.83. The average molecular weight is 260 g/mol. The van der Waals surface area contributed by atoms with Crippen LogP contribution < -0.4 is 5.73 Å². The number of hydrogen-bond acceptors (Lipinski definition) is 2. The molecule has 3 heteroatoms. The molecular formula is C16H24N2O. The van der Waals surface area contributed by atoms with Crippen molar-refractivity contribution in [1.29, 1.82) is 0 Å². The van der Waals surface area contributed by atoms with Crippen LogP contribution in [0.3, 0.4) is 0 Å². The highest BCUT2D eigenvalue weighted by atomic mass is 16.2. The van der Waals surface area contributed by atoms with Crippen molar-refractivity contribution in [2.24, 2.45) is 0 Å². The maximum Gasteiger partial charge on any atom is 0.254 e. The van der Waals surface area contributed by atoms with Gasteiger partial charge in [-0.1, -0.05) is 45.1 Å². The van der Waals surface area contributed by atoms with Gasteiger partial charge in [0.25, 0.3) is 5.91 Å². The minimum Gasteiger partial charge on any atom is -0.399 e. The second-order valence-corrected chi connectivity index (χ2v) is 5.41. The maximum atomic E-state index is 12.2. The number of anilines is 1. The summed E-state index contributed by atoms with van der Waals surface area (Å²) in [6, 6.07) is 5.66. The third-order valence-electron chi connectivity index (χ3n) is 3.79. The number of carbonyl (C=O) groups excluding carboxylic acids is 1. The average Bonchev–Trinajstić information content (AvgIpc) is 2.71. The molecule has 1 heterocycles. The highest BCUT2D eigenvalue weighted by molar-refractivity contribution is 5.99. The van der Waals surface area contributed by atoms with E-state index in [1.165, 1.54) is 32.1 Å². The van der Waals surface area contributed by atoms with Crippen molar-refractivity contribution < 1.29 is 4.79 Å². The largest absolute Gasteiger partial charge is 0.399 e. The zero-order chi connectivity index (χ0) is 13.7. The molecule has 104 valence electrons. The van der Waals surface area contributed by atoms with Crippen LogP contribution in [-0.2, 0) is 6.54 Å². The Labute approximate surface area is 115 Å². The Bertz CT molecular complexity index is 442. The predicted octanol–water partition coefficient (Wildman–Crippen LogP) is 3.59. The first-order valence-corrected chi connectivity index (χ1v) is 7.40. The smallest absolute Gasteiger partial charge is 0.254 e. The summed E-state index contributed by atoms with van der Waals surface area (Å²) >= 11 is 0. The second kappa shape index (κ2) is 6.60. The van der Waals surface area contributed by atoms with Gasteiger partial charge < -0.3 is 10.6 Å². The Morgan fingerprint density at radius 1 is 1.16 bits per heavy atom. The van der Waals surface area contributed by atoms with Crippen LogP contribution in [0.5, 0.6) is 0 Å². The van der Waals surface area contributed by atoms with Gasteiger partial charge in [-0.3, -0.25) is 4.79 Å². The van der Waals surface area contributed by atoms with Crippen LogP contribution in [0.1, 0.15) is 61.4 Å². The number of nitrogen functional groups attached to an aromatic ring is 1. The van der Waals surface area contributed by atoms with Crippen LogP contribution >= 0.6 is 0 Å². The van der Waals surface area contributed by atoms with E-state index in [1.807, 2.05) is 17.0 Å². The van der Waals surface area contributed by atoms with E-state index < -0.39 is 0 Å². The monoisotopic (exact) mass is 260 g/mol. The number of carbonyl (C=O) groups is 1. The molecule has 1 aromatic rings. The number of nitrogens with zero attached hydrogens (tertiary/aromatic N) is 1. The third-order valence-corrected chi connectivity index (χ3v) is 3.79. The van der Waals surface area contributed by atoms with Crippen LogP contribution in [0.15, 0.2) is 18.2 Å². The summed E-state index contributed by atoms with van der Waals surface area (Å²) in [6.07, 6.45) is 7.55. The molecule has 0 saturated heterocycles. The Hall–Kier alpha value is -1.51. The minimum absolute atomic E-state index is 0.149. The van der Waals surface area contributed by atoms with Crippen LogP contribution in [0.2, 0.25) is 0 Å². The topological polar surface area (TPSA) is 46.3 Å². The summed E-state index contributed by atoms with van der Waals surface area (Å²) < 4.78 is 0. The molecule has 1 amide bonds. The van der Waals surface area contributed by atoms with Gasteiger partial charge in [-0.25, -0.2) is 0 Å². The summed E-state index contributed by atoms with van der Waals surface area (Å²) in [5.41, 5.74) is 8.32. The van der Waals surface area contributed by atoms with Gasteiger partial charge in [0.1, 0.15) is 0 Å². The van der Waals surface area contributed by atoms with Crippen LogP contribution in [0.4, 0.5) is 5.69 Å². The van der Waals surface area contributed by atoms with Crippen LogP contribution in [0, 0.1) is 0 Å². The molecule has 0 fully saturated rings. The molecule has 19 heavy (non-hydrogen) atoms. The fourth-order valence-corrected chi connectivity index (χ4v) is 2.64. The van der Waals surface area contributed by atoms with E-state index in [9.17, 15) is 4.79 Å². The molecule has 2 N–H and O–H groups in total. The fraction of sp³-hybridized carbons (Fsp3) is 0.562. The molecule has 0 aliphatic carbocycles. The first-order valence-electron chi connectivity index (χ1n) is 7.40. The van der Waals surface area contributed by atoms with Gasteiger partial charge in [-0.2, -0.15) is 0 Å². The quantitative estimate of drug-likeness (QED) is 0.601. The molecule has 1 aliphatic heterocycles. The SMILES string of the molecule is CCCCCCCCN1Cc2ccc(N)cc2C1=O. The second-order valence-electron chi connectivity index (χ2n) is 5.41. The first kappa shape index (κ1) is 13.9. The third kappa shape index (κ3) is 3.49. The van der Waals surface area contributed by atoms with Gasteiger partial charge in [-0.15, -0.1) is 0 Å². The number of rotatable bonds is 7.